The van der Waals surface area contributed by atoms with Crippen LogP contribution in [-0.2, 0) is 30.4 Å². The Morgan fingerprint density at radius 1 is 0.971 bits per heavy atom. The highest BCUT2D eigenvalue weighted by molar-refractivity contribution is 5.94. The first-order valence-electron chi connectivity index (χ1n) is 10.8. The van der Waals surface area contributed by atoms with Crippen LogP contribution in [0.2, 0.25) is 0 Å². The number of fused-ring (bicyclic) bond motifs is 1. The Hall–Kier alpha value is -3.97. The second-order valence-corrected chi connectivity index (χ2v) is 7.98. The Bertz CT molecular complexity index is 1080. The van der Waals surface area contributed by atoms with E-state index in [0.29, 0.717) is 5.56 Å². The highest BCUT2D eigenvalue weighted by Crippen LogP contribution is 2.19. The summed E-state index contributed by atoms with van der Waals surface area (Å²) in [6.07, 6.45) is 0.892. The summed E-state index contributed by atoms with van der Waals surface area (Å²) >= 11 is 0. The van der Waals surface area contributed by atoms with E-state index < -0.39 is 66.9 Å². The molecule has 9 N–H and O–H groups in total. The maximum atomic E-state index is 12.6. The monoisotopic (exact) mass is 491 g/mol. The molecule has 35 heavy (non-hydrogen) atoms. The molecule has 2 aromatic rings. The number of amides is 3. The number of aliphatic hydroxyl groups is 1. The van der Waals surface area contributed by atoms with Gasteiger partial charge >= 0.3 is 11.9 Å². The summed E-state index contributed by atoms with van der Waals surface area (Å²) in [6, 6.07) is 2.13. The van der Waals surface area contributed by atoms with Crippen LogP contribution in [0.5, 0.6) is 0 Å². The fraction of sp³-hybridized carbons (Fsp3) is 0.409. The lowest BCUT2D eigenvalue weighted by Crippen LogP contribution is -2.56. The van der Waals surface area contributed by atoms with E-state index >= 15 is 0 Å². The van der Waals surface area contributed by atoms with Crippen molar-refractivity contribution in [3.63, 3.8) is 0 Å². The predicted molar refractivity (Wildman–Crippen MR) is 123 cm³/mol. The van der Waals surface area contributed by atoms with Gasteiger partial charge in [-0.1, -0.05) is 18.2 Å². The minimum atomic E-state index is -1.34. The molecule has 13 nitrogen and oxygen atoms in total. The second kappa shape index (κ2) is 12.5. The SMILES string of the molecule is CC(NC(=O)C(CCC(=O)O)NC(=O)C(N)CO)C(=O)NC(Cc1c[nH]c2ccccc12)C(=O)O. The van der Waals surface area contributed by atoms with Gasteiger partial charge in [-0.25, -0.2) is 4.79 Å². The van der Waals surface area contributed by atoms with E-state index in [0.717, 1.165) is 10.9 Å². The molecule has 3 amide bonds. The predicted octanol–water partition coefficient (Wildman–Crippen LogP) is -1.55. The molecule has 0 saturated heterocycles. The van der Waals surface area contributed by atoms with Crippen LogP contribution in [0, 0.1) is 0 Å². The van der Waals surface area contributed by atoms with Crippen molar-refractivity contribution in [3.8, 4) is 0 Å². The van der Waals surface area contributed by atoms with E-state index in [1.165, 1.54) is 6.92 Å². The molecule has 2 rings (SSSR count). The molecule has 1 heterocycles. The van der Waals surface area contributed by atoms with Crippen molar-refractivity contribution in [1.29, 1.82) is 0 Å². The molecular weight excluding hydrogens is 462 g/mol. The lowest BCUT2D eigenvalue weighted by molar-refractivity contribution is -0.142. The van der Waals surface area contributed by atoms with Gasteiger partial charge in [-0.2, -0.15) is 0 Å². The molecule has 0 bridgehead atoms. The molecule has 0 radical (unpaired) electrons. The van der Waals surface area contributed by atoms with Crippen molar-refractivity contribution >= 4 is 40.6 Å². The smallest absolute Gasteiger partial charge is 0.326 e. The molecule has 0 aliphatic rings. The zero-order chi connectivity index (χ0) is 26.1. The Morgan fingerprint density at radius 2 is 1.63 bits per heavy atom. The number of nitrogens with one attached hydrogen (secondary N) is 4. The van der Waals surface area contributed by atoms with Gasteiger partial charge in [-0.15, -0.1) is 0 Å². The lowest BCUT2D eigenvalue weighted by Gasteiger charge is -2.23. The van der Waals surface area contributed by atoms with E-state index in [2.05, 4.69) is 20.9 Å². The first-order chi connectivity index (χ1) is 16.5. The van der Waals surface area contributed by atoms with Crippen LogP contribution >= 0.6 is 0 Å². The molecule has 0 aliphatic heterocycles. The topological polar surface area (TPSA) is 224 Å². The summed E-state index contributed by atoms with van der Waals surface area (Å²) in [6.45, 7) is 0.623. The second-order valence-electron chi connectivity index (χ2n) is 7.98. The molecule has 13 heteroatoms. The number of aromatic amines is 1. The van der Waals surface area contributed by atoms with Gasteiger partial charge in [0.15, 0.2) is 0 Å². The first-order valence-corrected chi connectivity index (χ1v) is 10.8. The number of aliphatic hydroxyl groups excluding tert-OH is 1. The van der Waals surface area contributed by atoms with Crippen LogP contribution < -0.4 is 21.7 Å². The van der Waals surface area contributed by atoms with Crippen molar-refractivity contribution in [2.24, 2.45) is 5.73 Å². The fourth-order valence-corrected chi connectivity index (χ4v) is 3.30. The van der Waals surface area contributed by atoms with Crippen LogP contribution in [0.1, 0.15) is 25.3 Å². The third-order valence-electron chi connectivity index (χ3n) is 5.28. The Kier molecular flexibility index (Phi) is 9.73. The Morgan fingerprint density at radius 3 is 2.26 bits per heavy atom. The zero-order valence-electron chi connectivity index (χ0n) is 19.0. The summed E-state index contributed by atoms with van der Waals surface area (Å²) < 4.78 is 0. The van der Waals surface area contributed by atoms with Crippen LogP contribution in [-0.4, -0.2) is 80.7 Å². The normalized spacial score (nSPS) is 14.4. The molecule has 0 saturated carbocycles. The van der Waals surface area contributed by atoms with Crippen molar-refractivity contribution in [1.82, 2.24) is 20.9 Å². The van der Waals surface area contributed by atoms with Gasteiger partial charge in [0.2, 0.25) is 17.7 Å². The highest BCUT2D eigenvalue weighted by Gasteiger charge is 2.29. The fourth-order valence-electron chi connectivity index (χ4n) is 3.30. The zero-order valence-corrected chi connectivity index (χ0v) is 19.0. The number of carboxylic acids is 2. The Balaban J connectivity index is 2.04. The number of carbonyl (C=O) groups is 5. The average Bonchev–Trinajstić information content (AvgIpc) is 3.22. The summed E-state index contributed by atoms with van der Waals surface area (Å²) in [5.74, 6) is -5.01. The number of hydrogen-bond acceptors (Lipinski definition) is 7. The van der Waals surface area contributed by atoms with Gasteiger partial charge in [-0.05, 0) is 25.0 Å². The van der Waals surface area contributed by atoms with Gasteiger partial charge in [0, 0.05) is 29.9 Å². The molecular formula is C22H29N5O8. The number of carbonyl (C=O) groups excluding carboxylic acids is 3. The van der Waals surface area contributed by atoms with Gasteiger partial charge in [0.1, 0.15) is 24.2 Å². The molecule has 0 fully saturated rings. The van der Waals surface area contributed by atoms with Crippen LogP contribution in [0.15, 0.2) is 30.5 Å². The number of para-hydroxylation sites is 1. The molecule has 4 unspecified atom stereocenters. The standard InChI is InChI=1S/C22H29N5O8/c1-11(25-21(33)16(6-7-18(29)30)26-20(32)14(23)10-28)19(31)27-17(22(34)35)8-12-9-24-15-5-3-2-4-13(12)15/h2-5,9,11,14,16-17,24,28H,6-8,10,23H2,1H3,(H,25,33)(H,26,32)(H,27,31)(H,29,30)(H,34,35). The van der Waals surface area contributed by atoms with Gasteiger partial charge < -0.3 is 42.0 Å². The maximum Gasteiger partial charge on any atom is 0.326 e. The van der Waals surface area contributed by atoms with Crippen molar-refractivity contribution in [2.75, 3.05) is 6.61 Å². The van der Waals surface area contributed by atoms with Crippen molar-refractivity contribution in [2.45, 2.75) is 50.4 Å². The van der Waals surface area contributed by atoms with Crippen LogP contribution in [0.4, 0.5) is 0 Å². The van der Waals surface area contributed by atoms with Crippen molar-refractivity contribution < 1.29 is 39.3 Å². The average molecular weight is 492 g/mol. The van der Waals surface area contributed by atoms with E-state index in [4.69, 9.17) is 15.9 Å². The van der Waals surface area contributed by atoms with Gasteiger partial charge in [0.25, 0.3) is 0 Å². The summed E-state index contributed by atoms with van der Waals surface area (Å²) in [5, 5.41) is 35.3. The number of rotatable bonds is 13. The number of aromatic nitrogens is 1. The van der Waals surface area contributed by atoms with Gasteiger partial charge in [0.05, 0.1) is 6.61 Å². The quantitative estimate of drug-likeness (QED) is 0.162. The van der Waals surface area contributed by atoms with Gasteiger partial charge in [-0.3, -0.25) is 19.2 Å². The van der Waals surface area contributed by atoms with E-state index in [9.17, 15) is 29.1 Å². The number of aliphatic carboxylic acids is 2. The Labute approximate surface area is 200 Å². The lowest BCUT2D eigenvalue weighted by atomic mass is 10.0. The molecule has 190 valence electrons. The molecule has 0 spiro atoms. The van der Waals surface area contributed by atoms with Crippen LogP contribution in [0.3, 0.4) is 0 Å². The minimum absolute atomic E-state index is 0.0118. The minimum Gasteiger partial charge on any atom is -0.481 e. The number of hydrogen-bond donors (Lipinski definition) is 8. The van der Waals surface area contributed by atoms with E-state index in [1.807, 2.05) is 18.2 Å². The summed E-state index contributed by atoms with van der Waals surface area (Å²) in [5.41, 5.74) is 6.91. The van der Waals surface area contributed by atoms with Crippen LogP contribution in [0.25, 0.3) is 10.9 Å². The van der Waals surface area contributed by atoms with E-state index in [-0.39, 0.29) is 12.8 Å². The highest BCUT2D eigenvalue weighted by atomic mass is 16.4. The molecule has 1 aromatic heterocycles. The third kappa shape index (κ3) is 7.79. The third-order valence-corrected chi connectivity index (χ3v) is 5.28. The summed E-state index contributed by atoms with van der Waals surface area (Å²) in [4.78, 5) is 62.9. The summed E-state index contributed by atoms with van der Waals surface area (Å²) in [7, 11) is 0. The number of carboxylic acid groups (broad SMARTS) is 2. The first kappa shape index (κ1) is 27.3. The largest absolute Gasteiger partial charge is 0.481 e. The molecule has 4 atom stereocenters. The number of benzene rings is 1. The molecule has 0 aliphatic carbocycles. The van der Waals surface area contributed by atoms with E-state index in [1.54, 1.807) is 12.3 Å². The number of nitrogens with two attached hydrogens (primary N) is 1. The maximum absolute atomic E-state index is 12.6. The number of H-pyrrole nitrogens is 1. The molecule has 1 aromatic carbocycles. The van der Waals surface area contributed by atoms with Crippen molar-refractivity contribution in [3.05, 3.63) is 36.0 Å².